The van der Waals surface area contributed by atoms with Crippen LogP contribution in [-0.4, -0.2) is 12.1 Å². The third kappa shape index (κ3) is 2.13. The van der Waals surface area contributed by atoms with E-state index in [4.69, 9.17) is 4.74 Å². The van der Waals surface area contributed by atoms with E-state index in [1.165, 1.54) is 0 Å². The van der Waals surface area contributed by atoms with Crippen molar-refractivity contribution in [3.05, 3.63) is 71.6 Å². The van der Waals surface area contributed by atoms with Gasteiger partial charge in [-0.3, -0.25) is 0 Å². The number of hydrogen-bond donors (Lipinski definition) is 1. The maximum absolute atomic E-state index is 10.8. The Morgan fingerprint density at radius 1 is 0.783 bits per heavy atom. The van der Waals surface area contributed by atoms with E-state index in [1.807, 2.05) is 54.6 Å². The van der Waals surface area contributed by atoms with Crippen molar-refractivity contribution in [3.63, 3.8) is 0 Å². The van der Waals surface area contributed by atoms with Crippen molar-refractivity contribution in [3.8, 4) is 33.8 Å². The summed E-state index contributed by atoms with van der Waals surface area (Å²) in [5.74, 6) is 1.15. The zero-order valence-corrected chi connectivity index (χ0v) is 12.1. The number of benzene rings is 3. The standard InChI is InChI=1S/C18H12BNO3/c21-19(20-22)16-10-5-9-15-13-7-2-1-6-12(13)14-8-3-4-11-17(14)23-18(15)16/h1-11,21H. The Labute approximate surface area is 133 Å². The maximum Gasteiger partial charge on any atom is 0.521 e. The largest absolute Gasteiger partial charge is 0.521 e. The van der Waals surface area contributed by atoms with Crippen molar-refractivity contribution < 1.29 is 9.76 Å². The molecule has 0 aromatic heterocycles. The highest BCUT2D eigenvalue weighted by Crippen LogP contribution is 2.45. The minimum atomic E-state index is -1.46. The summed E-state index contributed by atoms with van der Waals surface area (Å²) in [4.78, 5) is 10.8. The van der Waals surface area contributed by atoms with Gasteiger partial charge in [0.1, 0.15) is 11.5 Å². The molecule has 5 heteroatoms. The summed E-state index contributed by atoms with van der Waals surface area (Å²) in [7, 11) is -1.46. The van der Waals surface area contributed by atoms with Gasteiger partial charge in [-0.25, -0.2) is 0 Å². The van der Waals surface area contributed by atoms with Crippen LogP contribution in [0.2, 0.25) is 0 Å². The molecule has 4 rings (SSSR count). The first-order chi connectivity index (χ1) is 11.3. The Bertz CT molecular complexity index is 910. The fourth-order valence-electron chi connectivity index (χ4n) is 2.98. The van der Waals surface area contributed by atoms with Crippen molar-refractivity contribution in [2.45, 2.75) is 0 Å². The van der Waals surface area contributed by atoms with Gasteiger partial charge < -0.3 is 9.76 Å². The molecule has 0 bridgehead atoms. The van der Waals surface area contributed by atoms with Crippen LogP contribution in [0.4, 0.5) is 0 Å². The smallest absolute Gasteiger partial charge is 0.456 e. The molecular formula is C18H12BNO3. The van der Waals surface area contributed by atoms with Gasteiger partial charge in [-0.15, -0.1) is 0 Å². The van der Waals surface area contributed by atoms with Gasteiger partial charge in [-0.1, -0.05) is 65.8 Å². The zero-order chi connectivity index (χ0) is 15.8. The normalized spacial score (nSPS) is 11.3. The van der Waals surface area contributed by atoms with Crippen LogP contribution in [0.15, 0.2) is 71.8 Å². The fourth-order valence-corrected chi connectivity index (χ4v) is 2.98. The van der Waals surface area contributed by atoms with Gasteiger partial charge in [-0.2, -0.15) is 4.91 Å². The average Bonchev–Trinajstić information content (AvgIpc) is 2.75. The first-order valence-corrected chi connectivity index (χ1v) is 7.29. The van der Waals surface area contributed by atoms with E-state index in [9.17, 15) is 9.93 Å². The van der Waals surface area contributed by atoms with Gasteiger partial charge in [0.25, 0.3) is 0 Å². The second kappa shape index (κ2) is 5.37. The predicted molar refractivity (Wildman–Crippen MR) is 90.8 cm³/mol. The molecule has 23 heavy (non-hydrogen) atoms. The number of nitrogens with zero attached hydrogens (tertiary/aromatic N) is 1. The minimum Gasteiger partial charge on any atom is -0.456 e. The van der Waals surface area contributed by atoms with E-state index < -0.39 is 7.05 Å². The molecule has 110 valence electrons. The first-order valence-electron chi connectivity index (χ1n) is 7.29. The fraction of sp³-hybridized carbons (Fsp3) is 0. The molecule has 0 saturated carbocycles. The lowest BCUT2D eigenvalue weighted by Gasteiger charge is -2.13. The lowest BCUT2D eigenvalue weighted by Crippen LogP contribution is -2.29. The van der Waals surface area contributed by atoms with Crippen molar-refractivity contribution in [2.24, 2.45) is 5.09 Å². The number of rotatable bonds is 2. The SMILES string of the molecule is O=NB(O)c1cccc2c1Oc1ccccc1-c1ccccc1-2. The number of nitroso groups, excluding NO2 is 1. The molecule has 0 unspecified atom stereocenters. The number of hydrogen-bond acceptors (Lipinski definition) is 4. The van der Waals surface area contributed by atoms with E-state index in [1.54, 1.807) is 12.1 Å². The number of fused-ring (bicyclic) bond motifs is 5. The van der Waals surface area contributed by atoms with E-state index in [-0.39, 0.29) is 0 Å². The maximum atomic E-state index is 10.8. The third-order valence-electron chi connectivity index (χ3n) is 4.03. The first kappa shape index (κ1) is 13.7. The molecule has 0 amide bonds. The summed E-state index contributed by atoms with van der Waals surface area (Å²) in [5, 5.41) is 12.6. The van der Waals surface area contributed by atoms with Crippen LogP contribution in [0.1, 0.15) is 0 Å². The second-order valence-electron chi connectivity index (χ2n) is 5.35. The van der Waals surface area contributed by atoms with Gasteiger partial charge in [0, 0.05) is 16.6 Å². The minimum absolute atomic E-state index is 0.365. The Kier molecular flexibility index (Phi) is 3.21. The van der Waals surface area contributed by atoms with Gasteiger partial charge in [-0.05, 0) is 17.2 Å². The third-order valence-corrected chi connectivity index (χ3v) is 4.03. The highest BCUT2D eigenvalue weighted by Gasteiger charge is 2.27. The molecular weight excluding hydrogens is 289 g/mol. The molecule has 0 saturated heterocycles. The summed E-state index contributed by atoms with van der Waals surface area (Å²) < 4.78 is 6.08. The van der Waals surface area contributed by atoms with E-state index >= 15 is 0 Å². The number of ether oxygens (including phenoxy) is 1. The molecule has 1 aliphatic rings. The van der Waals surface area contributed by atoms with E-state index in [2.05, 4.69) is 5.09 Å². The Morgan fingerprint density at radius 2 is 1.39 bits per heavy atom. The predicted octanol–water partition coefficient (Wildman–Crippen LogP) is 3.58. The molecule has 0 radical (unpaired) electrons. The van der Waals surface area contributed by atoms with Crippen LogP contribution in [0.5, 0.6) is 11.5 Å². The van der Waals surface area contributed by atoms with Crippen molar-refractivity contribution in [1.29, 1.82) is 0 Å². The highest BCUT2D eigenvalue weighted by molar-refractivity contribution is 6.65. The van der Waals surface area contributed by atoms with Crippen LogP contribution >= 0.6 is 0 Å². The van der Waals surface area contributed by atoms with E-state index in [0.29, 0.717) is 17.0 Å². The van der Waals surface area contributed by atoms with Crippen LogP contribution < -0.4 is 10.2 Å². The molecule has 0 fully saturated rings. The molecule has 0 atom stereocenters. The van der Waals surface area contributed by atoms with Crippen LogP contribution in [0, 0.1) is 4.91 Å². The summed E-state index contributed by atoms with van der Waals surface area (Å²) in [6, 6.07) is 21.1. The highest BCUT2D eigenvalue weighted by atomic mass is 16.5. The van der Waals surface area contributed by atoms with Crippen LogP contribution in [0.25, 0.3) is 22.3 Å². The molecule has 0 spiro atoms. The topological polar surface area (TPSA) is 58.9 Å². The molecule has 1 heterocycles. The van der Waals surface area contributed by atoms with Crippen molar-refractivity contribution in [1.82, 2.24) is 0 Å². The molecule has 3 aromatic carbocycles. The van der Waals surface area contributed by atoms with Gasteiger partial charge >= 0.3 is 7.05 Å². The van der Waals surface area contributed by atoms with Crippen molar-refractivity contribution in [2.75, 3.05) is 0 Å². The summed E-state index contributed by atoms with van der Waals surface area (Å²) in [5.41, 5.74) is 4.21. The second-order valence-corrected chi connectivity index (χ2v) is 5.35. The lowest BCUT2D eigenvalue weighted by molar-refractivity contribution is 0.489. The van der Waals surface area contributed by atoms with Gasteiger partial charge in [0.15, 0.2) is 0 Å². The average molecular weight is 301 g/mol. The molecule has 0 aliphatic carbocycles. The molecule has 3 aromatic rings. The summed E-state index contributed by atoms with van der Waals surface area (Å²) in [6.45, 7) is 0. The van der Waals surface area contributed by atoms with Crippen LogP contribution in [0.3, 0.4) is 0 Å². The Morgan fingerprint density at radius 3 is 2.13 bits per heavy atom. The zero-order valence-electron chi connectivity index (χ0n) is 12.1. The summed E-state index contributed by atoms with van der Waals surface area (Å²) in [6.07, 6.45) is 0. The molecule has 4 nitrogen and oxygen atoms in total. The Balaban J connectivity index is 2.08. The van der Waals surface area contributed by atoms with Crippen molar-refractivity contribution >= 4 is 12.5 Å². The van der Waals surface area contributed by atoms with Gasteiger partial charge in [0.05, 0.1) is 0 Å². The van der Waals surface area contributed by atoms with Gasteiger partial charge in [0.2, 0.25) is 0 Å². The monoisotopic (exact) mass is 301 g/mol. The van der Waals surface area contributed by atoms with E-state index in [0.717, 1.165) is 22.3 Å². The summed E-state index contributed by atoms with van der Waals surface area (Å²) >= 11 is 0. The van der Waals surface area contributed by atoms with Crippen LogP contribution in [-0.2, 0) is 0 Å². The quantitative estimate of drug-likeness (QED) is 0.455. The lowest BCUT2D eigenvalue weighted by atomic mass is 9.74. The number of para-hydroxylation sites is 2. The Hall–Kier alpha value is -2.92. The molecule has 1 aliphatic heterocycles. The molecule has 1 N–H and O–H groups in total.